The Bertz CT molecular complexity index is 786. The summed E-state index contributed by atoms with van der Waals surface area (Å²) in [7, 11) is 3.41. The lowest BCUT2D eigenvalue weighted by Gasteiger charge is -2.27. The van der Waals surface area contributed by atoms with E-state index >= 15 is 0 Å². The standard InChI is InChI=1S/C19H23F3N4O/c1-25(2)18(27)17(14-6-4-3-5-7-14)23-10-13-8-9-16-24-15(19(20,21)22)12-26(16)11-13/h3-7,12-13,17,23H,8-11H2,1-2H3/t13-,17+/m0/s1. The molecule has 0 spiro atoms. The lowest BCUT2D eigenvalue weighted by atomic mass is 9.98. The first kappa shape index (κ1) is 19.4. The van der Waals surface area contributed by atoms with Crippen LogP contribution in [-0.2, 0) is 23.9 Å². The van der Waals surface area contributed by atoms with Gasteiger partial charge in [0, 0.05) is 39.8 Å². The molecule has 1 N–H and O–H groups in total. The third kappa shape index (κ3) is 4.50. The molecule has 0 saturated carbocycles. The fourth-order valence-electron chi connectivity index (χ4n) is 3.35. The van der Waals surface area contributed by atoms with Gasteiger partial charge in [-0.1, -0.05) is 30.3 Å². The number of hydrogen-bond acceptors (Lipinski definition) is 3. The molecular weight excluding hydrogens is 357 g/mol. The summed E-state index contributed by atoms with van der Waals surface area (Å²) in [5.41, 5.74) is 0.0331. The normalized spacial score (nSPS) is 18.0. The van der Waals surface area contributed by atoms with Crippen molar-refractivity contribution >= 4 is 5.91 Å². The highest BCUT2D eigenvalue weighted by Gasteiger charge is 2.36. The van der Waals surface area contributed by atoms with Crippen molar-refractivity contribution in [3.63, 3.8) is 0 Å². The number of rotatable bonds is 5. The van der Waals surface area contributed by atoms with Crippen molar-refractivity contribution in [1.29, 1.82) is 0 Å². The third-order valence-corrected chi connectivity index (χ3v) is 4.81. The number of amides is 1. The summed E-state index contributed by atoms with van der Waals surface area (Å²) in [5.74, 6) is 0.552. The molecule has 0 radical (unpaired) electrons. The maximum Gasteiger partial charge on any atom is 0.434 e. The van der Waals surface area contributed by atoms with Crippen LogP contribution in [0.2, 0.25) is 0 Å². The van der Waals surface area contributed by atoms with Gasteiger partial charge >= 0.3 is 6.18 Å². The summed E-state index contributed by atoms with van der Waals surface area (Å²) >= 11 is 0. The smallest absolute Gasteiger partial charge is 0.347 e. The second-order valence-electron chi connectivity index (χ2n) is 7.08. The minimum atomic E-state index is -4.42. The van der Waals surface area contributed by atoms with Crippen LogP contribution in [0.25, 0.3) is 0 Å². The molecule has 0 unspecified atom stereocenters. The van der Waals surface area contributed by atoms with E-state index in [1.165, 1.54) is 4.90 Å². The second-order valence-corrected chi connectivity index (χ2v) is 7.08. The van der Waals surface area contributed by atoms with Crippen molar-refractivity contribution in [1.82, 2.24) is 19.8 Å². The van der Waals surface area contributed by atoms with Crippen LogP contribution in [0.4, 0.5) is 13.2 Å². The molecule has 2 aromatic rings. The van der Waals surface area contributed by atoms with E-state index in [-0.39, 0.29) is 11.8 Å². The number of fused-ring (bicyclic) bond motifs is 1. The Morgan fingerprint density at radius 1 is 1.33 bits per heavy atom. The lowest BCUT2D eigenvalue weighted by molar-refractivity contribution is -0.141. The van der Waals surface area contributed by atoms with Gasteiger partial charge < -0.3 is 14.8 Å². The maximum atomic E-state index is 12.8. The van der Waals surface area contributed by atoms with Crippen molar-refractivity contribution in [3.8, 4) is 0 Å². The quantitative estimate of drug-likeness (QED) is 0.868. The predicted octanol–water partition coefficient (Wildman–Crippen LogP) is 2.88. The molecule has 1 aliphatic rings. The first-order chi connectivity index (χ1) is 12.8. The molecule has 0 aliphatic carbocycles. The monoisotopic (exact) mass is 380 g/mol. The Kier molecular flexibility index (Phi) is 5.55. The number of likely N-dealkylation sites (N-methyl/N-ethyl adjacent to an activating group) is 1. The van der Waals surface area contributed by atoms with E-state index in [4.69, 9.17) is 0 Å². The van der Waals surface area contributed by atoms with Gasteiger partial charge in [0.25, 0.3) is 0 Å². The van der Waals surface area contributed by atoms with E-state index in [0.717, 1.165) is 18.2 Å². The molecule has 3 rings (SSSR count). The van der Waals surface area contributed by atoms with E-state index in [1.54, 1.807) is 18.7 Å². The molecule has 1 aromatic carbocycles. The number of imidazole rings is 1. The summed E-state index contributed by atoms with van der Waals surface area (Å²) < 4.78 is 40.1. The largest absolute Gasteiger partial charge is 0.434 e. The predicted molar refractivity (Wildman–Crippen MR) is 94.9 cm³/mol. The molecule has 27 heavy (non-hydrogen) atoms. The number of nitrogens with zero attached hydrogens (tertiary/aromatic N) is 3. The Labute approximate surface area is 156 Å². The van der Waals surface area contributed by atoms with Gasteiger partial charge in [-0.15, -0.1) is 0 Å². The number of carbonyl (C=O) groups excluding carboxylic acids is 1. The summed E-state index contributed by atoms with van der Waals surface area (Å²) in [6, 6.07) is 8.96. The fourth-order valence-corrected chi connectivity index (χ4v) is 3.35. The fraction of sp³-hybridized carbons (Fsp3) is 0.474. The van der Waals surface area contributed by atoms with Crippen molar-refractivity contribution in [2.45, 2.75) is 31.6 Å². The number of halogens is 3. The highest BCUT2D eigenvalue weighted by Crippen LogP contribution is 2.30. The summed E-state index contributed by atoms with van der Waals surface area (Å²) in [6.07, 6.45) is -2.10. The van der Waals surface area contributed by atoms with Crippen LogP contribution in [0.1, 0.15) is 29.5 Å². The van der Waals surface area contributed by atoms with Gasteiger partial charge in [-0.05, 0) is 17.9 Å². The summed E-state index contributed by atoms with van der Waals surface area (Å²) in [5, 5.41) is 3.31. The van der Waals surface area contributed by atoms with Crippen LogP contribution in [0.15, 0.2) is 36.5 Å². The lowest BCUT2D eigenvalue weighted by Crippen LogP contribution is -2.40. The van der Waals surface area contributed by atoms with E-state index in [1.807, 2.05) is 30.3 Å². The Hall–Kier alpha value is -2.35. The first-order valence-electron chi connectivity index (χ1n) is 8.88. The molecule has 5 nitrogen and oxygen atoms in total. The molecule has 1 amide bonds. The number of aromatic nitrogens is 2. The SMILES string of the molecule is CN(C)C(=O)[C@H](NC[C@@H]1CCc2nc(C(F)(F)F)cn2C1)c1ccccc1. The van der Waals surface area contributed by atoms with Gasteiger partial charge in [-0.2, -0.15) is 13.2 Å². The molecule has 0 fully saturated rings. The minimum absolute atomic E-state index is 0.0558. The molecule has 2 atom stereocenters. The Morgan fingerprint density at radius 3 is 2.67 bits per heavy atom. The number of nitrogens with one attached hydrogen (secondary N) is 1. The average molecular weight is 380 g/mol. The first-order valence-corrected chi connectivity index (χ1v) is 8.88. The Morgan fingerprint density at radius 2 is 2.04 bits per heavy atom. The topological polar surface area (TPSA) is 50.2 Å². The molecule has 1 aromatic heterocycles. The van der Waals surface area contributed by atoms with Gasteiger partial charge in [0.1, 0.15) is 11.9 Å². The number of hydrogen-bond donors (Lipinski definition) is 1. The van der Waals surface area contributed by atoms with Gasteiger partial charge in [-0.25, -0.2) is 4.98 Å². The average Bonchev–Trinajstić information content (AvgIpc) is 3.06. The number of benzene rings is 1. The summed E-state index contributed by atoms with van der Waals surface area (Å²) in [6.45, 7) is 1.00. The highest BCUT2D eigenvalue weighted by atomic mass is 19.4. The molecular formula is C19H23F3N4O. The number of aryl methyl sites for hydroxylation is 1. The van der Waals surface area contributed by atoms with Crippen molar-refractivity contribution in [2.24, 2.45) is 5.92 Å². The maximum absolute atomic E-state index is 12.8. The van der Waals surface area contributed by atoms with Gasteiger partial charge in [0.05, 0.1) is 0 Å². The zero-order chi connectivity index (χ0) is 19.6. The van der Waals surface area contributed by atoms with Gasteiger partial charge in [-0.3, -0.25) is 4.79 Å². The molecule has 146 valence electrons. The van der Waals surface area contributed by atoms with Crippen molar-refractivity contribution < 1.29 is 18.0 Å². The summed E-state index contributed by atoms with van der Waals surface area (Å²) in [4.78, 5) is 17.8. The second kappa shape index (κ2) is 7.72. The number of alkyl halides is 3. The van der Waals surface area contributed by atoms with Gasteiger partial charge in [0.2, 0.25) is 5.91 Å². The van der Waals surface area contributed by atoms with E-state index in [2.05, 4.69) is 10.3 Å². The van der Waals surface area contributed by atoms with E-state index < -0.39 is 17.9 Å². The van der Waals surface area contributed by atoms with Crippen LogP contribution in [0.3, 0.4) is 0 Å². The number of carbonyl (C=O) groups is 1. The van der Waals surface area contributed by atoms with Crippen LogP contribution in [0.5, 0.6) is 0 Å². The molecule has 0 bridgehead atoms. The van der Waals surface area contributed by atoms with Crippen LogP contribution >= 0.6 is 0 Å². The zero-order valence-electron chi connectivity index (χ0n) is 15.3. The third-order valence-electron chi connectivity index (χ3n) is 4.81. The highest BCUT2D eigenvalue weighted by molar-refractivity contribution is 5.82. The molecule has 8 heteroatoms. The van der Waals surface area contributed by atoms with Crippen LogP contribution in [0, 0.1) is 5.92 Å². The van der Waals surface area contributed by atoms with E-state index in [9.17, 15) is 18.0 Å². The van der Waals surface area contributed by atoms with E-state index in [0.29, 0.717) is 25.3 Å². The van der Waals surface area contributed by atoms with Crippen LogP contribution < -0.4 is 5.32 Å². The van der Waals surface area contributed by atoms with Crippen LogP contribution in [-0.4, -0.2) is 41.0 Å². The molecule has 1 aliphatic heterocycles. The molecule has 2 heterocycles. The zero-order valence-corrected chi connectivity index (χ0v) is 15.3. The van der Waals surface area contributed by atoms with Gasteiger partial charge in [0.15, 0.2) is 5.69 Å². The van der Waals surface area contributed by atoms with Crippen molar-refractivity contribution in [2.75, 3.05) is 20.6 Å². The Balaban J connectivity index is 1.68. The molecule has 0 saturated heterocycles. The van der Waals surface area contributed by atoms with Crippen molar-refractivity contribution in [3.05, 3.63) is 53.6 Å². The minimum Gasteiger partial charge on any atom is -0.347 e.